The molecule has 118 valence electrons. The average Bonchev–Trinajstić information content (AvgIpc) is 3.00. The molecule has 0 spiro atoms. The van der Waals surface area contributed by atoms with Crippen molar-refractivity contribution in [2.45, 2.75) is 51.6 Å². The van der Waals surface area contributed by atoms with E-state index in [1.165, 1.54) is 36.9 Å². The summed E-state index contributed by atoms with van der Waals surface area (Å²) in [5.41, 5.74) is 2.46. The molecule has 2 rings (SSSR count). The third-order valence-corrected chi connectivity index (χ3v) is 4.44. The van der Waals surface area contributed by atoms with Gasteiger partial charge in [0.25, 0.3) is 0 Å². The van der Waals surface area contributed by atoms with Crippen molar-refractivity contribution in [3.63, 3.8) is 0 Å². The van der Waals surface area contributed by atoms with Crippen molar-refractivity contribution in [3.05, 3.63) is 28.8 Å². The molecular weight excluding hydrogens is 284 g/mol. The first-order valence-corrected chi connectivity index (χ1v) is 8.50. The quantitative estimate of drug-likeness (QED) is 0.720. The highest BCUT2D eigenvalue weighted by Crippen LogP contribution is 2.32. The summed E-state index contributed by atoms with van der Waals surface area (Å²) in [4.78, 5) is 2.36. The summed E-state index contributed by atoms with van der Waals surface area (Å²) in [6, 6.07) is 6.67. The van der Waals surface area contributed by atoms with E-state index in [4.69, 9.17) is 11.6 Å². The van der Waals surface area contributed by atoms with E-state index in [-0.39, 0.29) is 6.61 Å². The topological polar surface area (TPSA) is 35.5 Å². The molecule has 0 aliphatic heterocycles. The van der Waals surface area contributed by atoms with Gasteiger partial charge in [-0.05, 0) is 43.5 Å². The Hall–Kier alpha value is -0.770. The van der Waals surface area contributed by atoms with Gasteiger partial charge in [-0.2, -0.15) is 0 Å². The second kappa shape index (κ2) is 8.62. The largest absolute Gasteiger partial charge is 0.395 e. The normalized spacial score (nSPS) is 15.6. The van der Waals surface area contributed by atoms with Crippen LogP contribution in [0.2, 0.25) is 5.02 Å². The zero-order valence-corrected chi connectivity index (χ0v) is 13.7. The number of hydrogen-bond donors (Lipinski definition) is 2. The fourth-order valence-electron chi connectivity index (χ4n) is 3.18. The number of aliphatic hydroxyl groups is 1. The van der Waals surface area contributed by atoms with E-state index in [1.807, 2.05) is 6.07 Å². The van der Waals surface area contributed by atoms with E-state index >= 15 is 0 Å². The van der Waals surface area contributed by atoms with E-state index in [2.05, 4.69) is 29.3 Å². The van der Waals surface area contributed by atoms with Crippen molar-refractivity contribution in [3.8, 4) is 0 Å². The predicted octanol–water partition coefficient (Wildman–Crippen LogP) is 3.58. The first kappa shape index (κ1) is 16.6. The SMILES string of the molecule is CCCNCc1ccc(Cl)cc1N(CCO)C1CCCC1. The molecule has 0 heterocycles. The lowest BCUT2D eigenvalue weighted by Crippen LogP contribution is -2.36. The summed E-state index contributed by atoms with van der Waals surface area (Å²) < 4.78 is 0. The lowest BCUT2D eigenvalue weighted by Gasteiger charge is -2.32. The Morgan fingerprint density at radius 1 is 1.33 bits per heavy atom. The Morgan fingerprint density at radius 2 is 2.10 bits per heavy atom. The molecule has 1 aliphatic rings. The zero-order chi connectivity index (χ0) is 15.1. The molecule has 0 atom stereocenters. The maximum atomic E-state index is 9.44. The average molecular weight is 311 g/mol. The second-order valence-corrected chi connectivity index (χ2v) is 6.24. The van der Waals surface area contributed by atoms with Crippen LogP contribution < -0.4 is 10.2 Å². The van der Waals surface area contributed by atoms with Gasteiger partial charge in [0.1, 0.15) is 0 Å². The van der Waals surface area contributed by atoms with Gasteiger partial charge < -0.3 is 15.3 Å². The van der Waals surface area contributed by atoms with E-state index in [9.17, 15) is 5.11 Å². The van der Waals surface area contributed by atoms with Crippen LogP contribution in [0.1, 0.15) is 44.6 Å². The Labute approximate surface area is 133 Å². The Balaban J connectivity index is 2.21. The third kappa shape index (κ3) is 4.60. The van der Waals surface area contributed by atoms with Crippen LogP contribution in [0.5, 0.6) is 0 Å². The Morgan fingerprint density at radius 3 is 2.76 bits per heavy atom. The number of benzene rings is 1. The fourth-order valence-corrected chi connectivity index (χ4v) is 3.34. The number of nitrogens with zero attached hydrogens (tertiary/aromatic N) is 1. The highest BCUT2D eigenvalue weighted by atomic mass is 35.5. The molecule has 1 aromatic carbocycles. The fraction of sp³-hybridized carbons (Fsp3) is 0.647. The number of anilines is 1. The standard InChI is InChI=1S/C17H27ClN2O/c1-2-9-19-13-14-7-8-15(18)12-17(14)20(10-11-21)16-5-3-4-6-16/h7-8,12,16,19,21H,2-6,9-11,13H2,1H3. The third-order valence-electron chi connectivity index (χ3n) is 4.21. The van der Waals surface area contributed by atoms with Crippen molar-refractivity contribution < 1.29 is 5.11 Å². The van der Waals surface area contributed by atoms with Gasteiger partial charge in [0.05, 0.1) is 6.61 Å². The van der Waals surface area contributed by atoms with Crippen molar-refractivity contribution in [1.29, 1.82) is 0 Å². The maximum Gasteiger partial charge on any atom is 0.0606 e. The minimum absolute atomic E-state index is 0.185. The van der Waals surface area contributed by atoms with E-state index in [0.717, 1.165) is 24.5 Å². The molecule has 1 saturated carbocycles. The van der Waals surface area contributed by atoms with Gasteiger partial charge in [-0.15, -0.1) is 0 Å². The van der Waals surface area contributed by atoms with E-state index in [1.54, 1.807) is 0 Å². The molecular formula is C17H27ClN2O. The Bertz CT molecular complexity index is 433. The smallest absolute Gasteiger partial charge is 0.0606 e. The molecule has 2 N–H and O–H groups in total. The van der Waals surface area contributed by atoms with Crippen LogP contribution in [0.4, 0.5) is 5.69 Å². The van der Waals surface area contributed by atoms with Gasteiger partial charge in [0, 0.05) is 29.8 Å². The molecule has 4 heteroatoms. The predicted molar refractivity (Wildman–Crippen MR) is 90.1 cm³/mol. The minimum Gasteiger partial charge on any atom is -0.395 e. The molecule has 1 aliphatic carbocycles. The molecule has 1 fully saturated rings. The van der Waals surface area contributed by atoms with Crippen LogP contribution in [0.3, 0.4) is 0 Å². The zero-order valence-electron chi connectivity index (χ0n) is 12.9. The molecule has 0 saturated heterocycles. The van der Waals surface area contributed by atoms with Crippen molar-refractivity contribution in [1.82, 2.24) is 5.32 Å². The first-order chi connectivity index (χ1) is 10.3. The van der Waals surface area contributed by atoms with Crippen LogP contribution >= 0.6 is 11.6 Å². The van der Waals surface area contributed by atoms with Gasteiger partial charge in [-0.1, -0.05) is 37.4 Å². The lowest BCUT2D eigenvalue weighted by atomic mass is 10.1. The number of nitrogens with one attached hydrogen (secondary N) is 1. The number of aliphatic hydroxyl groups excluding tert-OH is 1. The van der Waals surface area contributed by atoms with Gasteiger partial charge >= 0.3 is 0 Å². The first-order valence-electron chi connectivity index (χ1n) is 8.13. The molecule has 0 bridgehead atoms. The van der Waals surface area contributed by atoms with Crippen LogP contribution in [-0.4, -0.2) is 30.8 Å². The van der Waals surface area contributed by atoms with Crippen LogP contribution in [0.15, 0.2) is 18.2 Å². The summed E-state index contributed by atoms with van der Waals surface area (Å²) >= 11 is 6.22. The van der Waals surface area contributed by atoms with Gasteiger partial charge in [0.15, 0.2) is 0 Å². The van der Waals surface area contributed by atoms with Crippen LogP contribution in [0.25, 0.3) is 0 Å². The lowest BCUT2D eigenvalue weighted by molar-refractivity contribution is 0.297. The van der Waals surface area contributed by atoms with Gasteiger partial charge in [-0.25, -0.2) is 0 Å². The second-order valence-electron chi connectivity index (χ2n) is 5.81. The summed E-state index contributed by atoms with van der Waals surface area (Å²) in [6.07, 6.45) is 6.14. The molecule has 1 aromatic rings. The highest BCUT2D eigenvalue weighted by Gasteiger charge is 2.24. The Kier molecular flexibility index (Phi) is 6.81. The number of rotatable bonds is 8. The van der Waals surface area contributed by atoms with Crippen molar-refractivity contribution in [2.24, 2.45) is 0 Å². The summed E-state index contributed by atoms with van der Waals surface area (Å²) in [6.45, 7) is 4.92. The van der Waals surface area contributed by atoms with Crippen LogP contribution in [-0.2, 0) is 6.54 Å². The van der Waals surface area contributed by atoms with Crippen molar-refractivity contribution >= 4 is 17.3 Å². The van der Waals surface area contributed by atoms with Crippen molar-refractivity contribution in [2.75, 3.05) is 24.6 Å². The number of halogens is 1. The van der Waals surface area contributed by atoms with Gasteiger partial charge in [-0.3, -0.25) is 0 Å². The molecule has 21 heavy (non-hydrogen) atoms. The molecule has 3 nitrogen and oxygen atoms in total. The maximum absolute atomic E-state index is 9.44. The monoisotopic (exact) mass is 310 g/mol. The van der Waals surface area contributed by atoms with E-state index in [0.29, 0.717) is 12.6 Å². The molecule has 0 unspecified atom stereocenters. The molecule has 0 aromatic heterocycles. The summed E-state index contributed by atoms with van der Waals surface area (Å²) in [5.74, 6) is 0. The number of hydrogen-bond acceptors (Lipinski definition) is 3. The summed E-state index contributed by atoms with van der Waals surface area (Å²) in [5, 5.41) is 13.7. The summed E-state index contributed by atoms with van der Waals surface area (Å²) in [7, 11) is 0. The minimum atomic E-state index is 0.185. The van der Waals surface area contributed by atoms with Gasteiger partial charge in [0.2, 0.25) is 0 Å². The highest BCUT2D eigenvalue weighted by molar-refractivity contribution is 6.30. The van der Waals surface area contributed by atoms with E-state index < -0.39 is 0 Å². The van der Waals surface area contributed by atoms with Crippen LogP contribution in [0, 0.1) is 0 Å². The molecule has 0 amide bonds. The molecule has 0 radical (unpaired) electrons.